The molecule has 0 saturated carbocycles. The highest BCUT2D eigenvalue weighted by atomic mass is 16.5. The van der Waals surface area contributed by atoms with E-state index in [9.17, 15) is 19.2 Å². The summed E-state index contributed by atoms with van der Waals surface area (Å²) in [5.41, 5.74) is 0.938. The van der Waals surface area contributed by atoms with Crippen molar-refractivity contribution in [3.8, 4) is 11.5 Å². The van der Waals surface area contributed by atoms with Crippen molar-refractivity contribution in [1.82, 2.24) is 4.90 Å². The van der Waals surface area contributed by atoms with Crippen molar-refractivity contribution in [3.05, 3.63) is 53.6 Å². The second-order valence-electron chi connectivity index (χ2n) is 8.15. The number of imide groups is 1. The predicted octanol–water partition coefficient (Wildman–Crippen LogP) is 2.47. The van der Waals surface area contributed by atoms with Crippen molar-refractivity contribution in [1.29, 1.82) is 0 Å². The topological polar surface area (TPSA) is 102 Å². The molecule has 2 saturated heterocycles. The fraction of sp³-hybridized carbons (Fsp3) is 0.360. The lowest BCUT2D eigenvalue weighted by atomic mass is 10.1. The number of Topliss-reactive ketones (excluding diaryl/α,β-unsaturated/α-hetero) is 1. The highest BCUT2D eigenvalue weighted by molar-refractivity contribution is 6.22. The number of ketones is 1. The predicted molar refractivity (Wildman–Crippen MR) is 122 cm³/mol. The van der Waals surface area contributed by atoms with E-state index < -0.39 is 24.4 Å². The number of carbonyl (C=O) groups excluding carboxylic acids is 4. The van der Waals surface area contributed by atoms with Crippen LogP contribution in [0.1, 0.15) is 40.0 Å². The summed E-state index contributed by atoms with van der Waals surface area (Å²) in [6.45, 7) is 1.20. The third-order valence-corrected chi connectivity index (χ3v) is 6.11. The van der Waals surface area contributed by atoms with Crippen LogP contribution in [0.15, 0.2) is 42.5 Å². The first-order valence-electron chi connectivity index (χ1n) is 11.1. The summed E-state index contributed by atoms with van der Waals surface area (Å²) in [6.07, 6.45) is 2.23. The quantitative estimate of drug-likeness (QED) is 0.332. The van der Waals surface area contributed by atoms with Crippen LogP contribution in [0, 0.1) is 0 Å². The summed E-state index contributed by atoms with van der Waals surface area (Å²) in [6, 6.07) is 10.3. The molecular formula is C25H26N2O7. The van der Waals surface area contributed by atoms with Crippen molar-refractivity contribution < 1.29 is 33.4 Å². The molecule has 0 bridgehead atoms. The normalized spacial score (nSPS) is 18.3. The Morgan fingerprint density at radius 3 is 2.21 bits per heavy atom. The van der Waals surface area contributed by atoms with Crippen LogP contribution in [0.5, 0.6) is 11.5 Å². The number of amides is 2. The molecular weight excluding hydrogens is 440 g/mol. The Bertz CT molecular complexity index is 1110. The largest absolute Gasteiger partial charge is 0.493 e. The third-order valence-electron chi connectivity index (χ3n) is 6.11. The first-order valence-corrected chi connectivity index (χ1v) is 11.1. The van der Waals surface area contributed by atoms with Gasteiger partial charge < -0.3 is 14.2 Å². The van der Waals surface area contributed by atoms with Crippen LogP contribution in [0.2, 0.25) is 0 Å². The maximum Gasteiger partial charge on any atom is 0.338 e. The number of hydrogen-bond donors (Lipinski definition) is 0. The van der Waals surface area contributed by atoms with E-state index in [4.69, 9.17) is 14.2 Å². The van der Waals surface area contributed by atoms with E-state index in [1.807, 2.05) is 0 Å². The van der Waals surface area contributed by atoms with E-state index in [-0.39, 0.29) is 23.8 Å². The summed E-state index contributed by atoms with van der Waals surface area (Å²) >= 11 is 0. The number of rotatable bonds is 8. The number of benzene rings is 2. The number of likely N-dealkylation sites (tertiary alicyclic amines) is 1. The molecule has 178 valence electrons. The van der Waals surface area contributed by atoms with Gasteiger partial charge in [-0.05, 0) is 68.4 Å². The molecule has 0 spiro atoms. The van der Waals surface area contributed by atoms with Gasteiger partial charge in [0.05, 0.1) is 37.9 Å². The van der Waals surface area contributed by atoms with Gasteiger partial charge in [0.1, 0.15) is 0 Å². The number of anilines is 1. The number of esters is 1. The van der Waals surface area contributed by atoms with Crippen LogP contribution < -0.4 is 14.4 Å². The van der Waals surface area contributed by atoms with E-state index in [2.05, 4.69) is 4.90 Å². The van der Waals surface area contributed by atoms with Crippen molar-refractivity contribution in [2.75, 3.05) is 38.8 Å². The van der Waals surface area contributed by atoms with Gasteiger partial charge in [0.15, 0.2) is 23.9 Å². The number of carbonyl (C=O) groups is 4. The average Bonchev–Trinajstić information content (AvgIpc) is 3.49. The molecule has 1 atom stereocenters. The molecule has 34 heavy (non-hydrogen) atoms. The van der Waals surface area contributed by atoms with E-state index in [1.54, 1.807) is 12.1 Å². The zero-order valence-corrected chi connectivity index (χ0v) is 19.1. The lowest BCUT2D eigenvalue weighted by Gasteiger charge is -2.21. The summed E-state index contributed by atoms with van der Waals surface area (Å²) in [4.78, 5) is 53.4. The van der Waals surface area contributed by atoms with Gasteiger partial charge in [-0.2, -0.15) is 0 Å². The average molecular weight is 466 g/mol. The molecule has 0 N–H and O–H groups in total. The zero-order valence-electron chi connectivity index (χ0n) is 19.1. The van der Waals surface area contributed by atoms with Crippen LogP contribution in [0.25, 0.3) is 0 Å². The van der Waals surface area contributed by atoms with E-state index in [1.165, 1.54) is 49.5 Å². The standard InChI is InChI=1S/C25H26N2O7/c1-32-21-10-7-17(13-22(21)33-2)20(28)15-34-25(31)16-5-8-18(9-6-16)27-23(29)14-19(24(27)30)26-11-3-4-12-26/h5-10,13,19H,3-4,11-12,14-15H2,1-2H3. The van der Waals surface area contributed by atoms with Gasteiger partial charge >= 0.3 is 5.97 Å². The molecule has 0 aliphatic carbocycles. The molecule has 2 fully saturated rings. The number of nitrogens with zero attached hydrogens (tertiary/aromatic N) is 2. The van der Waals surface area contributed by atoms with Gasteiger partial charge in [-0.3, -0.25) is 19.3 Å². The molecule has 2 aliphatic rings. The SMILES string of the molecule is COc1ccc(C(=O)COC(=O)c2ccc(N3C(=O)CC(N4CCCC4)C3=O)cc2)cc1OC. The fourth-order valence-corrected chi connectivity index (χ4v) is 4.28. The molecule has 4 rings (SSSR count). The number of methoxy groups -OCH3 is 2. The lowest BCUT2D eigenvalue weighted by Crippen LogP contribution is -2.40. The summed E-state index contributed by atoms with van der Waals surface area (Å²) < 4.78 is 15.5. The molecule has 2 aromatic carbocycles. The minimum absolute atomic E-state index is 0.168. The minimum Gasteiger partial charge on any atom is -0.493 e. The molecule has 2 aromatic rings. The van der Waals surface area contributed by atoms with Crippen molar-refractivity contribution in [2.45, 2.75) is 25.3 Å². The first-order chi connectivity index (χ1) is 16.4. The van der Waals surface area contributed by atoms with Gasteiger partial charge in [-0.1, -0.05) is 0 Å². The smallest absolute Gasteiger partial charge is 0.338 e. The number of hydrogen-bond acceptors (Lipinski definition) is 8. The molecule has 2 amide bonds. The summed E-state index contributed by atoms with van der Waals surface area (Å²) in [5.74, 6) is -0.687. The van der Waals surface area contributed by atoms with Gasteiger partial charge in [0.2, 0.25) is 5.91 Å². The Balaban J connectivity index is 1.37. The third kappa shape index (κ3) is 4.65. The lowest BCUT2D eigenvalue weighted by molar-refractivity contribution is -0.122. The molecule has 9 heteroatoms. The van der Waals surface area contributed by atoms with Crippen LogP contribution in [-0.4, -0.2) is 68.4 Å². The molecule has 9 nitrogen and oxygen atoms in total. The second kappa shape index (κ2) is 10.0. The van der Waals surface area contributed by atoms with E-state index in [0.29, 0.717) is 22.7 Å². The van der Waals surface area contributed by atoms with Gasteiger partial charge in [-0.25, -0.2) is 9.69 Å². The first kappa shape index (κ1) is 23.4. The van der Waals surface area contributed by atoms with Crippen LogP contribution in [-0.2, 0) is 14.3 Å². The van der Waals surface area contributed by atoms with E-state index >= 15 is 0 Å². The second-order valence-corrected chi connectivity index (χ2v) is 8.15. The fourth-order valence-electron chi connectivity index (χ4n) is 4.28. The maximum atomic E-state index is 12.8. The summed E-state index contributed by atoms with van der Waals surface area (Å²) in [7, 11) is 2.96. The Hall–Kier alpha value is -3.72. The Kier molecular flexibility index (Phi) is 6.93. The Morgan fingerprint density at radius 1 is 0.912 bits per heavy atom. The highest BCUT2D eigenvalue weighted by Gasteiger charge is 2.43. The molecule has 0 radical (unpaired) electrons. The van der Waals surface area contributed by atoms with Gasteiger partial charge in [0, 0.05) is 5.56 Å². The van der Waals surface area contributed by atoms with Gasteiger partial charge in [-0.15, -0.1) is 0 Å². The van der Waals surface area contributed by atoms with Crippen molar-refractivity contribution >= 4 is 29.3 Å². The van der Waals surface area contributed by atoms with Gasteiger partial charge in [0.25, 0.3) is 5.91 Å². The van der Waals surface area contributed by atoms with Crippen molar-refractivity contribution in [3.63, 3.8) is 0 Å². The Morgan fingerprint density at radius 2 is 1.56 bits per heavy atom. The molecule has 1 unspecified atom stereocenters. The summed E-state index contributed by atoms with van der Waals surface area (Å²) in [5, 5.41) is 0. The molecule has 0 aromatic heterocycles. The monoisotopic (exact) mass is 466 g/mol. The van der Waals surface area contributed by atoms with E-state index in [0.717, 1.165) is 25.9 Å². The Labute approximate surface area is 197 Å². The number of ether oxygens (including phenoxy) is 3. The zero-order chi connectivity index (χ0) is 24.2. The molecule has 2 aliphatic heterocycles. The molecule has 2 heterocycles. The van der Waals surface area contributed by atoms with Crippen LogP contribution in [0.4, 0.5) is 5.69 Å². The maximum absolute atomic E-state index is 12.8. The minimum atomic E-state index is -0.686. The van der Waals surface area contributed by atoms with Crippen LogP contribution in [0.3, 0.4) is 0 Å². The van der Waals surface area contributed by atoms with Crippen LogP contribution >= 0.6 is 0 Å². The van der Waals surface area contributed by atoms with Crippen molar-refractivity contribution in [2.24, 2.45) is 0 Å². The highest BCUT2D eigenvalue weighted by Crippen LogP contribution is 2.29.